The van der Waals surface area contributed by atoms with Gasteiger partial charge in [-0.1, -0.05) is 12.1 Å². The summed E-state index contributed by atoms with van der Waals surface area (Å²) < 4.78 is 12.3. The molecule has 0 atom stereocenters. The fourth-order valence-electron chi connectivity index (χ4n) is 2.70. The SMILES string of the molecule is C=CCNC(=O)c1nc(C(=O)NCCOc2ccc(OC)cc2)n2ccccc12. The summed E-state index contributed by atoms with van der Waals surface area (Å²) in [6, 6.07) is 12.5. The quantitative estimate of drug-likeness (QED) is 0.428. The molecule has 0 unspecified atom stereocenters. The molecule has 0 radical (unpaired) electrons. The Labute approximate surface area is 168 Å². The summed E-state index contributed by atoms with van der Waals surface area (Å²) in [6.07, 6.45) is 3.27. The molecule has 0 aliphatic rings. The standard InChI is InChI=1S/C21H22N4O4/c1-3-11-22-20(26)18-17-6-4-5-13-25(17)19(24-18)21(27)23-12-14-29-16-9-7-15(28-2)8-10-16/h3-10,13H,1,11-12,14H2,2H3,(H,22,26)(H,23,27). The second-order valence-corrected chi connectivity index (χ2v) is 6.02. The highest BCUT2D eigenvalue weighted by Crippen LogP contribution is 2.17. The lowest BCUT2D eigenvalue weighted by Gasteiger charge is -2.08. The molecule has 0 saturated heterocycles. The number of benzene rings is 1. The summed E-state index contributed by atoms with van der Waals surface area (Å²) in [5.74, 6) is 0.786. The predicted molar refractivity (Wildman–Crippen MR) is 109 cm³/mol. The van der Waals surface area contributed by atoms with Crippen LogP contribution in [-0.4, -0.2) is 48.0 Å². The molecule has 0 fully saturated rings. The Balaban J connectivity index is 1.64. The number of hydrogen-bond donors (Lipinski definition) is 2. The lowest BCUT2D eigenvalue weighted by molar-refractivity contribution is 0.0936. The molecule has 2 heterocycles. The van der Waals surface area contributed by atoms with Crippen LogP contribution in [0.25, 0.3) is 5.52 Å². The number of nitrogens with one attached hydrogen (secondary N) is 2. The van der Waals surface area contributed by atoms with Crippen LogP contribution in [0.1, 0.15) is 21.1 Å². The van der Waals surface area contributed by atoms with E-state index in [1.165, 1.54) is 0 Å². The number of methoxy groups -OCH3 is 1. The number of ether oxygens (including phenoxy) is 2. The van der Waals surface area contributed by atoms with Crippen molar-refractivity contribution in [3.63, 3.8) is 0 Å². The highest BCUT2D eigenvalue weighted by Gasteiger charge is 2.20. The van der Waals surface area contributed by atoms with E-state index in [0.717, 1.165) is 5.75 Å². The molecule has 0 aliphatic carbocycles. The molecule has 2 N–H and O–H groups in total. The van der Waals surface area contributed by atoms with Crippen molar-refractivity contribution in [1.29, 1.82) is 0 Å². The summed E-state index contributed by atoms with van der Waals surface area (Å²) in [5, 5.41) is 5.44. The van der Waals surface area contributed by atoms with Crippen LogP contribution >= 0.6 is 0 Å². The lowest BCUT2D eigenvalue weighted by atomic mass is 10.3. The van der Waals surface area contributed by atoms with Gasteiger partial charge < -0.3 is 20.1 Å². The maximum atomic E-state index is 12.6. The van der Waals surface area contributed by atoms with E-state index >= 15 is 0 Å². The average molecular weight is 394 g/mol. The first-order valence-electron chi connectivity index (χ1n) is 9.05. The fraction of sp³-hybridized carbons (Fsp3) is 0.190. The Morgan fingerprint density at radius 2 is 1.86 bits per heavy atom. The molecule has 0 aliphatic heterocycles. The molecule has 0 spiro atoms. The normalized spacial score (nSPS) is 10.4. The van der Waals surface area contributed by atoms with Gasteiger partial charge in [0.25, 0.3) is 11.8 Å². The minimum Gasteiger partial charge on any atom is -0.497 e. The zero-order chi connectivity index (χ0) is 20.6. The van der Waals surface area contributed by atoms with Crippen LogP contribution in [0.4, 0.5) is 0 Å². The van der Waals surface area contributed by atoms with Crippen LogP contribution in [0.5, 0.6) is 11.5 Å². The van der Waals surface area contributed by atoms with Crippen molar-refractivity contribution in [3.05, 3.63) is 72.8 Å². The van der Waals surface area contributed by atoms with E-state index in [9.17, 15) is 9.59 Å². The molecule has 3 rings (SSSR count). The third kappa shape index (κ3) is 4.73. The molecule has 150 valence electrons. The van der Waals surface area contributed by atoms with Gasteiger partial charge in [0.2, 0.25) is 5.82 Å². The lowest BCUT2D eigenvalue weighted by Crippen LogP contribution is -2.30. The van der Waals surface area contributed by atoms with Crippen LogP contribution in [0, 0.1) is 0 Å². The Morgan fingerprint density at radius 3 is 2.59 bits per heavy atom. The molecule has 0 bridgehead atoms. The van der Waals surface area contributed by atoms with Gasteiger partial charge >= 0.3 is 0 Å². The van der Waals surface area contributed by atoms with Crippen molar-refractivity contribution in [2.45, 2.75) is 0 Å². The summed E-state index contributed by atoms with van der Waals surface area (Å²) in [5.41, 5.74) is 0.737. The molecule has 3 aromatic rings. The average Bonchev–Trinajstić information content (AvgIpc) is 3.15. The van der Waals surface area contributed by atoms with E-state index in [1.54, 1.807) is 66.2 Å². The molecule has 8 heteroatoms. The summed E-state index contributed by atoms with van der Waals surface area (Å²) in [7, 11) is 1.60. The van der Waals surface area contributed by atoms with Crippen molar-refractivity contribution in [1.82, 2.24) is 20.0 Å². The molecule has 8 nitrogen and oxygen atoms in total. The van der Waals surface area contributed by atoms with Gasteiger partial charge in [-0.05, 0) is 36.4 Å². The van der Waals surface area contributed by atoms with E-state index < -0.39 is 5.91 Å². The van der Waals surface area contributed by atoms with E-state index in [2.05, 4.69) is 22.2 Å². The summed E-state index contributed by atoms with van der Waals surface area (Å²) in [6.45, 7) is 4.45. The smallest absolute Gasteiger partial charge is 0.287 e. The van der Waals surface area contributed by atoms with Gasteiger partial charge in [-0.2, -0.15) is 0 Å². The minimum atomic E-state index is -0.396. The van der Waals surface area contributed by atoms with Crippen LogP contribution in [0.3, 0.4) is 0 Å². The highest BCUT2D eigenvalue weighted by molar-refractivity contribution is 6.02. The number of aromatic nitrogens is 2. The molecule has 29 heavy (non-hydrogen) atoms. The number of nitrogens with zero attached hydrogens (tertiary/aromatic N) is 2. The van der Waals surface area contributed by atoms with Crippen molar-refractivity contribution >= 4 is 17.3 Å². The molecule has 2 amide bonds. The van der Waals surface area contributed by atoms with Gasteiger partial charge in [-0.25, -0.2) is 4.98 Å². The second-order valence-electron chi connectivity index (χ2n) is 6.02. The maximum Gasteiger partial charge on any atom is 0.287 e. The molecular weight excluding hydrogens is 372 g/mol. The number of rotatable bonds is 9. The zero-order valence-electron chi connectivity index (χ0n) is 16.1. The van der Waals surface area contributed by atoms with Crippen LogP contribution in [0.2, 0.25) is 0 Å². The van der Waals surface area contributed by atoms with Gasteiger partial charge in [0, 0.05) is 12.7 Å². The van der Waals surface area contributed by atoms with E-state index in [0.29, 0.717) is 17.8 Å². The molecular formula is C21H22N4O4. The highest BCUT2D eigenvalue weighted by atomic mass is 16.5. The number of hydrogen-bond acceptors (Lipinski definition) is 5. The Kier molecular flexibility index (Phi) is 6.47. The summed E-state index contributed by atoms with van der Waals surface area (Å²) >= 11 is 0. The first-order chi connectivity index (χ1) is 14.1. The largest absolute Gasteiger partial charge is 0.497 e. The Hall–Kier alpha value is -3.81. The third-order valence-electron chi connectivity index (χ3n) is 4.09. The number of pyridine rings is 1. The van der Waals surface area contributed by atoms with Crippen molar-refractivity contribution in [2.75, 3.05) is 26.8 Å². The predicted octanol–water partition coefficient (Wildman–Crippen LogP) is 2.07. The fourth-order valence-corrected chi connectivity index (χ4v) is 2.70. The van der Waals surface area contributed by atoms with Gasteiger partial charge in [-0.3, -0.25) is 14.0 Å². The Morgan fingerprint density at radius 1 is 1.10 bits per heavy atom. The van der Waals surface area contributed by atoms with E-state index in [1.807, 2.05) is 0 Å². The van der Waals surface area contributed by atoms with Crippen LogP contribution in [-0.2, 0) is 0 Å². The third-order valence-corrected chi connectivity index (χ3v) is 4.09. The topological polar surface area (TPSA) is 94.0 Å². The first-order valence-corrected chi connectivity index (χ1v) is 9.05. The number of fused-ring (bicyclic) bond motifs is 1. The minimum absolute atomic E-state index is 0.133. The Bertz CT molecular complexity index is 1010. The van der Waals surface area contributed by atoms with Gasteiger partial charge in [0.1, 0.15) is 18.1 Å². The van der Waals surface area contributed by atoms with Crippen LogP contribution in [0.15, 0.2) is 61.3 Å². The van der Waals surface area contributed by atoms with Crippen LogP contribution < -0.4 is 20.1 Å². The monoisotopic (exact) mass is 394 g/mol. The van der Waals surface area contributed by atoms with Crippen molar-refractivity contribution < 1.29 is 19.1 Å². The number of carbonyl (C=O) groups is 2. The van der Waals surface area contributed by atoms with E-state index in [-0.39, 0.29) is 30.6 Å². The molecule has 0 saturated carbocycles. The van der Waals surface area contributed by atoms with Crippen molar-refractivity contribution in [3.8, 4) is 11.5 Å². The second kappa shape index (κ2) is 9.41. The van der Waals surface area contributed by atoms with Gasteiger partial charge in [-0.15, -0.1) is 6.58 Å². The first kappa shape index (κ1) is 19.9. The summed E-state index contributed by atoms with van der Waals surface area (Å²) in [4.78, 5) is 29.2. The van der Waals surface area contributed by atoms with E-state index in [4.69, 9.17) is 9.47 Å². The molecule has 2 aromatic heterocycles. The molecule has 1 aromatic carbocycles. The zero-order valence-corrected chi connectivity index (χ0v) is 16.1. The number of carbonyl (C=O) groups excluding carboxylic acids is 2. The number of amides is 2. The number of imidazole rings is 1. The van der Waals surface area contributed by atoms with Gasteiger partial charge in [0.05, 0.1) is 19.2 Å². The maximum absolute atomic E-state index is 12.6. The van der Waals surface area contributed by atoms with Crippen molar-refractivity contribution in [2.24, 2.45) is 0 Å². The van der Waals surface area contributed by atoms with Gasteiger partial charge in [0.15, 0.2) is 5.69 Å².